The molecule has 1 N–H and O–H groups in total. The van der Waals surface area contributed by atoms with E-state index < -0.39 is 0 Å². The van der Waals surface area contributed by atoms with Gasteiger partial charge in [-0.2, -0.15) is 0 Å². The number of hydrogen-bond donors (Lipinski definition) is 1. The third kappa shape index (κ3) is 2.69. The molecular weight excluding hydrogens is 331 g/mol. The van der Waals surface area contributed by atoms with Crippen LogP contribution < -0.4 is 5.32 Å². The average molecular weight is 345 g/mol. The van der Waals surface area contributed by atoms with Gasteiger partial charge in [-0.3, -0.25) is 4.98 Å². The minimum atomic E-state index is -0.240. The Kier molecular flexibility index (Phi) is 3.99. The van der Waals surface area contributed by atoms with Gasteiger partial charge in [0.1, 0.15) is 5.82 Å². The van der Waals surface area contributed by atoms with Crippen LogP contribution in [0.4, 0.5) is 4.39 Å². The molecule has 1 atom stereocenters. The van der Waals surface area contributed by atoms with Gasteiger partial charge in [-0.25, -0.2) is 4.39 Å². The number of halogens is 2. The Morgan fingerprint density at radius 3 is 2.81 bits per heavy atom. The number of aromatic nitrogens is 1. The van der Waals surface area contributed by atoms with Gasteiger partial charge in [0.05, 0.1) is 6.04 Å². The van der Waals surface area contributed by atoms with Gasteiger partial charge in [-0.05, 0) is 47.8 Å². The maximum Gasteiger partial charge on any atom is 0.123 e. The number of nitrogens with zero attached hydrogens (tertiary/aromatic N) is 1. The van der Waals surface area contributed by atoms with E-state index in [2.05, 4.69) is 32.3 Å². The van der Waals surface area contributed by atoms with E-state index in [1.165, 1.54) is 6.07 Å². The maximum absolute atomic E-state index is 13.6. The third-order valence-electron chi connectivity index (χ3n) is 3.58. The van der Waals surface area contributed by atoms with E-state index in [0.717, 1.165) is 26.4 Å². The van der Waals surface area contributed by atoms with Crippen LogP contribution in [0.1, 0.15) is 17.2 Å². The molecule has 2 aromatic carbocycles. The highest BCUT2D eigenvalue weighted by atomic mass is 79.9. The Labute approximate surface area is 131 Å². The summed E-state index contributed by atoms with van der Waals surface area (Å²) < 4.78 is 14.5. The van der Waals surface area contributed by atoms with E-state index in [4.69, 9.17) is 0 Å². The highest BCUT2D eigenvalue weighted by Gasteiger charge is 2.17. The normalized spacial score (nSPS) is 12.5. The Hall–Kier alpha value is -1.78. The van der Waals surface area contributed by atoms with Crippen LogP contribution in [0.5, 0.6) is 0 Å². The van der Waals surface area contributed by atoms with Crippen molar-refractivity contribution in [2.75, 3.05) is 7.05 Å². The van der Waals surface area contributed by atoms with Crippen molar-refractivity contribution in [2.24, 2.45) is 0 Å². The molecule has 3 aromatic rings. The van der Waals surface area contributed by atoms with Crippen molar-refractivity contribution < 1.29 is 4.39 Å². The van der Waals surface area contributed by atoms with Gasteiger partial charge in [0.15, 0.2) is 0 Å². The Morgan fingerprint density at radius 1 is 1.14 bits per heavy atom. The van der Waals surface area contributed by atoms with Gasteiger partial charge in [-0.1, -0.05) is 34.1 Å². The summed E-state index contributed by atoms with van der Waals surface area (Å²) in [6.07, 6.45) is 3.62. The van der Waals surface area contributed by atoms with Crippen molar-refractivity contribution in [2.45, 2.75) is 6.04 Å². The molecule has 0 fully saturated rings. The van der Waals surface area contributed by atoms with Crippen molar-refractivity contribution in [1.82, 2.24) is 10.3 Å². The SMILES string of the molecule is CNC(c1cc(F)ccc1Br)c1cccc2cnccc12. The fourth-order valence-electron chi connectivity index (χ4n) is 2.61. The molecule has 1 heterocycles. The first-order valence-corrected chi connectivity index (χ1v) is 7.45. The molecule has 0 spiro atoms. The summed E-state index contributed by atoms with van der Waals surface area (Å²) >= 11 is 3.51. The first-order valence-electron chi connectivity index (χ1n) is 6.65. The molecule has 4 heteroatoms. The monoisotopic (exact) mass is 344 g/mol. The van der Waals surface area contributed by atoms with Crippen LogP contribution in [-0.4, -0.2) is 12.0 Å². The fraction of sp³-hybridized carbons (Fsp3) is 0.118. The van der Waals surface area contributed by atoms with Gasteiger partial charge in [0.25, 0.3) is 0 Å². The summed E-state index contributed by atoms with van der Waals surface area (Å²) in [5.74, 6) is -0.240. The zero-order valence-corrected chi connectivity index (χ0v) is 13.1. The van der Waals surface area contributed by atoms with E-state index >= 15 is 0 Å². The molecule has 0 amide bonds. The number of benzene rings is 2. The first kappa shape index (κ1) is 14.2. The van der Waals surface area contributed by atoms with Gasteiger partial charge < -0.3 is 5.32 Å². The average Bonchev–Trinajstić information content (AvgIpc) is 2.51. The van der Waals surface area contributed by atoms with Crippen LogP contribution in [0, 0.1) is 5.82 Å². The number of nitrogens with one attached hydrogen (secondary N) is 1. The number of hydrogen-bond acceptors (Lipinski definition) is 2. The summed E-state index contributed by atoms with van der Waals surface area (Å²) in [5.41, 5.74) is 1.98. The van der Waals surface area contributed by atoms with Crippen LogP contribution >= 0.6 is 15.9 Å². The fourth-order valence-corrected chi connectivity index (χ4v) is 3.09. The molecule has 2 nitrogen and oxygen atoms in total. The predicted molar refractivity (Wildman–Crippen MR) is 86.7 cm³/mol. The lowest BCUT2D eigenvalue weighted by molar-refractivity contribution is 0.616. The van der Waals surface area contributed by atoms with Gasteiger partial charge in [-0.15, -0.1) is 0 Å². The molecule has 0 aliphatic carbocycles. The van der Waals surface area contributed by atoms with Crippen LogP contribution in [0.2, 0.25) is 0 Å². The summed E-state index contributed by atoms with van der Waals surface area (Å²) in [6.45, 7) is 0. The molecule has 0 bridgehead atoms. The van der Waals surface area contributed by atoms with E-state index in [0.29, 0.717) is 0 Å². The van der Waals surface area contributed by atoms with E-state index in [1.807, 2.05) is 31.4 Å². The van der Waals surface area contributed by atoms with Crippen molar-refractivity contribution in [3.63, 3.8) is 0 Å². The summed E-state index contributed by atoms with van der Waals surface area (Å²) in [4.78, 5) is 4.15. The molecule has 0 aliphatic rings. The molecule has 1 aromatic heterocycles. The van der Waals surface area contributed by atoms with Gasteiger partial charge in [0, 0.05) is 22.3 Å². The largest absolute Gasteiger partial charge is 0.309 e. The molecule has 3 rings (SSSR count). The summed E-state index contributed by atoms with van der Waals surface area (Å²) in [5, 5.41) is 5.46. The highest BCUT2D eigenvalue weighted by molar-refractivity contribution is 9.10. The maximum atomic E-state index is 13.6. The van der Waals surface area contributed by atoms with Crippen LogP contribution in [0.3, 0.4) is 0 Å². The lowest BCUT2D eigenvalue weighted by Gasteiger charge is -2.20. The van der Waals surface area contributed by atoms with E-state index in [1.54, 1.807) is 18.3 Å². The zero-order valence-electron chi connectivity index (χ0n) is 11.5. The van der Waals surface area contributed by atoms with Crippen LogP contribution in [-0.2, 0) is 0 Å². The van der Waals surface area contributed by atoms with E-state index in [9.17, 15) is 4.39 Å². The number of rotatable bonds is 3. The van der Waals surface area contributed by atoms with E-state index in [-0.39, 0.29) is 11.9 Å². The number of pyridine rings is 1. The van der Waals surface area contributed by atoms with Crippen LogP contribution in [0.15, 0.2) is 59.3 Å². The second-order valence-electron chi connectivity index (χ2n) is 4.83. The topological polar surface area (TPSA) is 24.9 Å². The second kappa shape index (κ2) is 5.92. The minimum absolute atomic E-state index is 0.0961. The minimum Gasteiger partial charge on any atom is -0.309 e. The summed E-state index contributed by atoms with van der Waals surface area (Å²) in [6, 6.07) is 12.7. The Bertz CT molecular complexity index is 783. The Morgan fingerprint density at radius 2 is 2.00 bits per heavy atom. The van der Waals surface area contributed by atoms with Gasteiger partial charge >= 0.3 is 0 Å². The van der Waals surface area contributed by atoms with Crippen molar-refractivity contribution in [3.05, 3.63) is 76.3 Å². The van der Waals surface area contributed by atoms with Crippen molar-refractivity contribution in [3.8, 4) is 0 Å². The molecule has 0 saturated carbocycles. The lowest BCUT2D eigenvalue weighted by Crippen LogP contribution is -2.18. The van der Waals surface area contributed by atoms with Crippen molar-refractivity contribution in [1.29, 1.82) is 0 Å². The quantitative estimate of drug-likeness (QED) is 0.759. The lowest BCUT2D eigenvalue weighted by atomic mass is 9.94. The first-order chi connectivity index (χ1) is 10.2. The Balaban J connectivity index is 2.21. The van der Waals surface area contributed by atoms with Crippen molar-refractivity contribution >= 4 is 26.7 Å². The number of fused-ring (bicyclic) bond motifs is 1. The molecule has 0 aliphatic heterocycles. The second-order valence-corrected chi connectivity index (χ2v) is 5.69. The predicted octanol–water partition coefficient (Wildman–Crippen LogP) is 4.45. The molecule has 1 unspecified atom stereocenters. The molecule has 0 radical (unpaired) electrons. The van der Waals surface area contributed by atoms with Gasteiger partial charge in [0.2, 0.25) is 0 Å². The molecule has 21 heavy (non-hydrogen) atoms. The standard InChI is InChI=1S/C17H14BrFN2/c1-20-17(15-9-12(19)5-6-16(15)18)14-4-2-3-11-10-21-8-7-13(11)14/h2-10,17,20H,1H3. The molecular formula is C17H14BrFN2. The summed E-state index contributed by atoms with van der Waals surface area (Å²) in [7, 11) is 1.88. The third-order valence-corrected chi connectivity index (χ3v) is 4.31. The van der Waals surface area contributed by atoms with Crippen LogP contribution in [0.25, 0.3) is 10.8 Å². The zero-order chi connectivity index (χ0) is 14.8. The molecule has 0 saturated heterocycles. The highest BCUT2D eigenvalue weighted by Crippen LogP contribution is 2.32. The smallest absolute Gasteiger partial charge is 0.123 e. The molecule has 106 valence electrons.